The molecule has 0 bridgehead atoms. The third kappa shape index (κ3) is 2.88. The number of hydrogen-bond donors (Lipinski definition) is 1. The van der Waals surface area contributed by atoms with Crippen LogP contribution in [0.3, 0.4) is 0 Å². The molecule has 3 unspecified atom stereocenters. The third-order valence-corrected chi connectivity index (χ3v) is 6.75. The summed E-state index contributed by atoms with van der Waals surface area (Å²) in [6.07, 6.45) is 8.20. The molecule has 0 radical (unpaired) electrons. The highest BCUT2D eigenvalue weighted by Crippen LogP contribution is 2.39. The molecule has 2 aliphatic rings. The van der Waals surface area contributed by atoms with Crippen LogP contribution in [0.15, 0.2) is 0 Å². The lowest BCUT2D eigenvalue weighted by Gasteiger charge is -2.49. The van der Waals surface area contributed by atoms with Crippen LogP contribution in [0.5, 0.6) is 0 Å². The first-order chi connectivity index (χ1) is 8.73. The van der Waals surface area contributed by atoms with Crippen molar-refractivity contribution < 1.29 is 0 Å². The van der Waals surface area contributed by atoms with Crippen molar-refractivity contribution in [1.29, 1.82) is 0 Å². The SMILES string of the molecule is CCC1CCCN(C2(CN)CCCSC2C)CC1. The van der Waals surface area contributed by atoms with E-state index >= 15 is 0 Å². The average molecular weight is 270 g/mol. The molecule has 3 atom stereocenters. The Kier molecular flexibility index (Phi) is 5.40. The van der Waals surface area contributed by atoms with Crippen LogP contribution in [-0.2, 0) is 0 Å². The van der Waals surface area contributed by atoms with Crippen LogP contribution in [0.25, 0.3) is 0 Å². The van der Waals surface area contributed by atoms with Crippen LogP contribution in [0.2, 0.25) is 0 Å². The van der Waals surface area contributed by atoms with Gasteiger partial charge in [0.15, 0.2) is 0 Å². The summed E-state index contributed by atoms with van der Waals surface area (Å²) in [4.78, 5) is 2.76. The third-order valence-electron chi connectivity index (χ3n) is 5.29. The molecule has 2 saturated heterocycles. The van der Waals surface area contributed by atoms with Crippen LogP contribution in [-0.4, -0.2) is 41.1 Å². The number of nitrogens with two attached hydrogens (primary N) is 1. The standard InChI is InChI=1S/C15H30N2S/c1-3-14-6-4-9-17(10-7-14)15(12-16)8-5-11-18-13(15)2/h13-14H,3-12,16H2,1-2H3. The highest BCUT2D eigenvalue weighted by Gasteiger charge is 2.42. The molecule has 0 amide bonds. The van der Waals surface area contributed by atoms with E-state index in [2.05, 4.69) is 30.5 Å². The van der Waals surface area contributed by atoms with E-state index < -0.39 is 0 Å². The van der Waals surface area contributed by atoms with Crippen LogP contribution in [0, 0.1) is 5.92 Å². The zero-order valence-corrected chi connectivity index (χ0v) is 13.0. The predicted molar refractivity (Wildman–Crippen MR) is 82.1 cm³/mol. The molecule has 0 spiro atoms. The molecule has 18 heavy (non-hydrogen) atoms. The quantitative estimate of drug-likeness (QED) is 0.854. The highest BCUT2D eigenvalue weighted by molar-refractivity contribution is 8.00. The minimum atomic E-state index is 0.297. The molecule has 0 saturated carbocycles. The van der Waals surface area contributed by atoms with Gasteiger partial charge in [0.25, 0.3) is 0 Å². The number of thioether (sulfide) groups is 1. The molecule has 106 valence electrons. The van der Waals surface area contributed by atoms with Gasteiger partial charge < -0.3 is 5.73 Å². The van der Waals surface area contributed by atoms with Crippen molar-refractivity contribution in [2.45, 2.75) is 63.2 Å². The Balaban J connectivity index is 2.06. The molecule has 2 heterocycles. The minimum Gasteiger partial charge on any atom is -0.329 e. The van der Waals surface area contributed by atoms with Gasteiger partial charge in [0.1, 0.15) is 0 Å². The van der Waals surface area contributed by atoms with Gasteiger partial charge in [0, 0.05) is 17.3 Å². The number of hydrogen-bond acceptors (Lipinski definition) is 3. The monoisotopic (exact) mass is 270 g/mol. The summed E-state index contributed by atoms with van der Waals surface area (Å²) in [7, 11) is 0. The van der Waals surface area contributed by atoms with Crippen LogP contribution in [0.4, 0.5) is 0 Å². The van der Waals surface area contributed by atoms with Gasteiger partial charge in [-0.15, -0.1) is 0 Å². The van der Waals surface area contributed by atoms with Crippen LogP contribution >= 0.6 is 11.8 Å². The Morgan fingerprint density at radius 1 is 1.28 bits per heavy atom. The van der Waals surface area contributed by atoms with Gasteiger partial charge in [-0.05, 0) is 56.9 Å². The van der Waals surface area contributed by atoms with E-state index in [0.717, 1.165) is 12.5 Å². The van der Waals surface area contributed by atoms with Crippen molar-refractivity contribution in [2.24, 2.45) is 11.7 Å². The zero-order chi connectivity index (χ0) is 13.0. The molecular formula is C15H30N2S. The smallest absolute Gasteiger partial charge is 0.0447 e. The van der Waals surface area contributed by atoms with E-state index in [9.17, 15) is 0 Å². The van der Waals surface area contributed by atoms with E-state index in [-0.39, 0.29) is 0 Å². The maximum atomic E-state index is 6.22. The van der Waals surface area contributed by atoms with E-state index in [1.54, 1.807) is 0 Å². The first-order valence-electron chi connectivity index (χ1n) is 7.79. The van der Waals surface area contributed by atoms with E-state index in [4.69, 9.17) is 5.73 Å². The Hall–Kier alpha value is 0.270. The highest BCUT2D eigenvalue weighted by atomic mass is 32.2. The summed E-state index contributed by atoms with van der Waals surface area (Å²) in [5, 5.41) is 0.703. The zero-order valence-electron chi connectivity index (χ0n) is 12.2. The first-order valence-corrected chi connectivity index (χ1v) is 8.84. The Bertz CT molecular complexity index is 259. The fourth-order valence-corrected chi connectivity index (χ4v) is 5.17. The second kappa shape index (κ2) is 6.62. The second-order valence-corrected chi connectivity index (χ2v) is 7.57. The first kappa shape index (κ1) is 14.7. The maximum Gasteiger partial charge on any atom is 0.0447 e. The maximum absolute atomic E-state index is 6.22. The van der Waals surface area contributed by atoms with Crippen molar-refractivity contribution in [1.82, 2.24) is 4.90 Å². The Labute approximate surface area is 117 Å². The van der Waals surface area contributed by atoms with Crippen molar-refractivity contribution in [3.8, 4) is 0 Å². The normalized spacial score (nSPS) is 39.5. The van der Waals surface area contributed by atoms with Crippen molar-refractivity contribution in [2.75, 3.05) is 25.4 Å². The van der Waals surface area contributed by atoms with Crippen LogP contribution in [0.1, 0.15) is 52.4 Å². The van der Waals surface area contributed by atoms with Crippen molar-refractivity contribution in [3.05, 3.63) is 0 Å². The number of nitrogens with zero attached hydrogens (tertiary/aromatic N) is 1. The molecule has 0 aromatic heterocycles. The second-order valence-electron chi connectivity index (χ2n) is 6.12. The fraction of sp³-hybridized carbons (Fsp3) is 1.00. The topological polar surface area (TPSA) is 29.3 Å². The van der Waals surface area contributed by atoms with Gasteiger partial charge in [-0.25, -0.2) is 0 Å². The van der Waals surface area contributed by atoms with E-state index in [0.29, 0.717) is 10.8 Å². The lowest BCUT2D eigenvalue weighted by Crippen LogP contribution is -2.61. The minimum absolute atomic E-state index is 0.297. The summed E-state index contributed by atoms with van der Waals surface area (Å²) >= 11 is 2.13. The molecule has 2 rings (SSSR count). The van der Waals surface area contributed by atoms with E-state index in [1.165, 1.54) is 57.4 Å². The Morgan fingerprint density at radius 3 is 2.78 bits per heavy atom. The molecule has 2 N–H and O–H groups in total. The van der Waals surface area contributed by atoms with Crippen LogP contribution < -0.4 is 5.73 Å². The van der Waals surface area contributed by atoms with Gasteiger partial charge >= 0.3 is 0 Å². The van der Waals surface area contributed by atoms with Gasteiger partial charge in [0.05, 0.1) is 0 Å². The molecule has 2 nitrogen and oxygen atoms in total. The Morgan fingerprint density at radius 2 is 2.11 bits per heavy atom. The van der Waals surface area contributed by atoms with Gasteiger partial charge in [-0.3, -0.25) is 4.90 Å². The average Bonchev–Trinajstić information content (AvgIpc) is 2.65. The molecule has 2 aliphatic heterocycles. The summed E-state index contributed by atoms with van der Waals surface area (Å²) in [6, 6.07) is 0. The molecule has 0 aromatic carbocycles. The summed E-state index contributed by atoms with van der Waals surface area (Å²) in [5.41, 5.74) is 6.52. The molecular weight excluding hydrogens is 240 g/mol. The summed E-state index contributed by atoms with van der Waals surface area (Å²) < 4.78 is 0. The fourth-order valence-electron chi connectivity index (χ4n) is 3.83. The number of likely N-dealkylation sites (tertiary alicyclic amines) is 1. The molecule has 2 fully saturated rings. The summed E-state index contributed by atoms with van der Waals surface area (Å²) in [5.74, 6) is 2.28. The predicted octanol–water partition coefficient (Wildman–Crippen LogP) is 3.11. The summed E-state index contributed by atoms with van der Waals surface area (Å²) in [6.45, 7) is 8.15. The van der Waals surface area contributed by atoms with Gasteiger partial charge in [-0.1, -0.05) is 20.3 Å². The largest absolute Gasteiger partial charge is 0.329 e. The number of rotatable bonds is 3. The van der Waals surface area contributed by atoms with E-state index in [1.807, 2.05) is 0 Å². The van der Waals surface area contributed by atoms with Gasteiger partial charge in [-0.2, -0.15) is 11.8 Å². The van der Waals surface area contributed by atoms with Gasteiger partial charge in [0.2, 0.25) is 0 Å². The van der Waals surface area contributed by atoms with Crippen molar-refractivity contribution >= 4 is 11.8 Å². The molecule has 3 heteroatoms. The molecule has 0 aliphatic carbocycles. The molecule has 0 aromatic rings. The lowest BCUT2D eigenvalue weighted by molar-refractivity contribution is 0.0843. The lowest BCUT2D eigenvalue weighted by atomic mass is 9.87. The van der Waals surface area contributed by atoms with Crippen molar-refractivity contribution in [3.63, 3.8) is 0 Å².